The Balaban J connectivity index is 2.82. The monoisotopic (exact) mass is 224 g/mol. The van der Waals surface area contributed by atoms with Crippen LogP contribution < -0.4 is 0 Å². The smallest absolute Gasteiger partial charge is 0.345 e. The standard InChI is InChI=1S/C10H8O2S2/c1-5-2-3-7(13)9-6(5)4-8(14-9)10(11)12/h2-4,13H,1H3,(H,11,12). The number of aromatic carboxylic acids is 1. The van der Waals surface area contributed by atoms with Gasteiger partial charge in [-0.2, -0.15) is 0 Å². The molecule has 0 atom stereocenters. The minimum Gasteiger partial charge on any atom is -0.477 e. The number of hydrogen-bond acceptors (Lipinski definition) is 3. The zero-order valence-corrected chi connectivity index (χ0v) is 9.15. The second-order valence-electron chi connectivity index (χ2n) is 3.06. The minimum atomic E-state index is -0.877. The van der Waals surface area contributed by atoms with E-state index in [2.05, 4.69) is 12.6 Å². The summed E-state index contributed by atoms with van der Waals surface area (Å²) >= 11 is 5.57. The van der Waals surface area contributed by atoms with E-state index < -0.39 is 5.97 Å². The van der Waals surface area contributed by atoms with Crippen molar-refractivity contribution in [1.82, 2.24) is 0 Å². The van der Waals surface area contributed by atoms with Crippen LogP contribution in [-0.4, -0.2) is 11.1 Å². The fourth-order valence-corrected chi connectivity index (χ4v) is 2.67. The Morgan fingerprint density at radius 2 is 2.21 bits per heavy atom. The zero-order chi connectivity index (χ0) is 10.3. The second kappa shape index (κ2) is 3.29. The second-order valence-corrected chi connectivity index (χ2v) is 4.59. The lowest BCUT2D eigenvalue weighted by Gasteiger charge is -1.96. The van der Waals surface area contributed by atoms with Gasteiger partial charge in [0.1, 0.15) is 4.88 Å². The maximum atomic E-state index is 10.8. The molecule has 2 aromatic rings. The summed E-state index contributed by atoms with van der Waals surface area (Å²) in [5.74, 6) is -0.877. The molecular formula is C10H8O2S2. The van der Waals surface area contributed by atoms with Crippen molar-refractivity contribution in [2.45, 2.75) is 11.8 Å². The molecule has 1 aromatic carbocycles. The summed E-state index contributed by atoms with van der Waals surface area (Å²) in [6, 6.07) is 5.54. The number of fused-ring (bicyclic) bond motifs is 1. The molecule has 0 amide bonds. The largest absolute Gasteiger partial charge is 0.477 e. The molecule has 4 heteroatoms. The van der Waals surface area contributed by atoms with E-state index in [9.17, 15) is 4.79 Å². The molecule has 2 nitrogen and oxygen atoms in total. The zero-order valence-electron chi connectivity index (χ0n) is 7.44. The van der Waals surface area contributed by atoms with E-state index >= 15 is 0 Å². The van der Waals surface area contributed by atoms with Crippen molar-refractivity contribution in [3.63, 3.8) is 0 Å². The van der Waals surface area contributed by atoms with E-state index in [0.717, 1.165) is 20.5 Å². The third-order valence-electron chi connectivity index (χ3n) is 2.09. The van der Waals surface area contributed by atoms with Crippen LogP contribution in [0.1, 0.15) is 15.2 Å². The Hall–Kier alpha value is -1.00. The average molecular weight is 224 g/mol. The number of carboxylic acid groups (broad SMARTS) is 1. The fourth-order valence-electron chi connectivity index (χ4n) is 1.35. The summed E-state index contributed by atoms with van der Waals surface area (Å²) in [7, 11) is 0. The molecule has 0 unspecified atom stereocenters. The first kappa shape index (κ1) is 9.55. The van der Waals surface area contributed by atoms with E-state index in [4.69, 9.17) is 5.11 Å². The summed E-state index contributed by atoms with van der Waals surface area (Å²) in [5.41, 5.74) is 1.08. The topological polar surface area (TPSA) is 37.3 Å². The van der Waals surface area contributed by atoms with Crippen LogP contribution in [0.25, 0.3) is 10.1 Å². The fraction of sp³-hybridized carbons (Fsp3) is 0.100. The Labute approximate surface area is 90.6 Å². The molecule has 14 heavy (non-hydrogen) atoms. The van der Waals surface area contributed by atoms with Gasteiger partial charge < -0.3 is 5.11 Å². The van der Waals surface area contributed by atoms with E-state index in [-0.39, 0.29) is 0 Å². The molecule has 0 saturated carbocycles. The molecule has 0 aliphatic rings. The van der Waals surface area contributed by atoms with Crippen LogP contribution in [0.5, 0.6) is 0 Å². The highest BCUT2D eigenvalue weighted by atomic mass is 32.1. The summed E-state index contributed by atoms with van der Waals surface area (Å²) in [6.45, 7) is 1.97. The highest BCUT2D eigenvalue weighted by Crippen LogP contribution is 2.32. The van der Waals surface area contributed by atoms with Crippen LogP contribution in [0.15, 0.2) is 23.1 Å². The molecule has 1 N–H and O–H groups in total. The maximum Gasteiger partial charge on any atom is 0.345 e. The highest BCUT2D eigenvalue weighted by molar-refractivity contribution is 7.80. The normalized spacial score (nSPS) is 10.7. The van der Waals surface area contributed by atoms with E-state index in [0.29, 0.717) is 4.88 Å². The Kier molecular flexibility index (Phi) is 2.25. The Morgan fingerprint density at radius 3 is 2.79 bits per heavy atom. The van der Waals surface area contributed by atoms with Gasteiger partial charge in [0.25, 0.3) is 0 Å². The van der Waals surface area contributed by atoms with Gasteiger partial charge in [0.05, 0.1) is 0 Å². The molecule has 0 fully saturated rings. The summed E-state index contributed by atoms with van der Waals surface area (Å²) in [4.78, 5) is 12.0. The molecule has 1 aromatic heterocycles. The van der Waals surface area contributed by atoms with Gasteiger partial charge in [-0.25, -0.2) is 4.79 Å². The van der Waals surface area contributed by atoms with Crippen LogP contribution in [0.2, 0.25) is 0 Å². The molecule has 0 bridgehead atoms. The number of rotatable bonds is 1. The quantitative estimate of drug-likeness (QED) is 0.730. The molecule has 0 aliphatic carbocycles. The Morgan fingerprint density at radius 1 is 1.50 bits per heavy atom. The van der Waals surface area contributed by atoms with Crippen LogP contribution in [-0.2, 0) is 0 Å². The third kappa shape index (κ3) is 1.40. The predicted octanol–water partition coefficient (Wildman–Crippen LogP) is 3.20. The van der Waals surface area contributed by atoms with Crippen molar-refractivity contribution in [1.29, 1.82) is 0 Å². The van der Waals surface area contributed by atoms with Crippen molar-refractivity contribution < 1.29 is 9.90 Å². The Bertz CT molecular complexity index is 475. The maximum absolute atomic E-state index is 10.8. The SMILES string of the molecule is Cc1ccc(S)c2sc(C(=O)O)cc12. The number of carbonyl (C=O) groups is 1. The number of thiol groups is 1. The summed E-state index contributed by atoms with van der Waals surface area (Å²) < 4.78 is 0.950. The van der Waals surface area contributed by atoms with Gasteiger partial charge in [-0.3, -0.25) is 0 Å². The molecule has 72 valence electrons. The first-order valence-corrected chi connectivity index (χ1v) is 5.31. The lowest BCUT2D eigenvalue weighted by molar-refractivity contribution is 0.0702. The summed E-state index contributed by atoms with van der Waals surface area (Å²) in [5, 5.41) is 9.84. The van der Waals surface area contributed by atoms with Gasteiger partial charge in [0, 0.05) is 9.60 Å². The highest BCUT2D eigenvalue weighted by Gasteiger charge is 2.11. The van der Waals surface area contributed by atoms with Crippen molar-refractivity contribution in [3.8, 4) is 0 Å². The minimum absolute atomic E-state index is 0.365. The van der Waals surface area contributed by atoms with Crippen LogP contribution in [0, 0.1) is 6.92 Å². The molecule has 0 saturated heterocycles. The number of carboxylic acids is 1. The number of benzene rings is 1. The first-order valence-electron chi connectivity index (χ1n) is 4.05. The van der Waals surface area contributed by atoms with Gasteiger partial charge >= 0.3 is 5.97 Å². The van der Waals surface area contributed by atoms with Crippen molar-refractivity contribution in [2.75, 3.05) is 0 Å². The molecule has 0 aliphatic heterocycles. The van der Waals surface area contributed by atoms with Gasteiger partial charge in [-0.15, -0.1) is 24.0 Å². The number of hydrogen-bond donors (Lipinski definition) is 2. The van der Waals surface area contributed by atoms with Crippen LogP contribution in [0.4, 0.5) is 0 Å². The van der Waals surface area contributed by atoms with E-state index in [1.807, 2.05) is 19.1 Å². The molecule has 2 rings (SSSR count). The van der Waals surface area contributed by atoms with Gasteiger partial charge in [0.2, 0.25) is 0 Å². The van der Waals surface area contributed by atoms with E-state index in [1.165, 1.54) is 11.3 Å². The van der Waals surface area contributed by atoms with Gasteiger partial charge in [-0.1, -0.05) is 6.07 Å². The molecule has 0 spiro atoms. The van der Waals surface area contributed by atoms with Crippen molar-refractivity contribution in [2.24, 2.45) is 0 Å². The van der Waals surface area contributed by atoms with Gasteiger partial charge in [-0.05, 0) is 30.0 Å². The third-order valence-corrected chi connectivity index (χ3v) is 3.77. The first-order chi connectivity index (χ1) is 6.59. The predicted molar refractivity (Wildman–Crippen MR) is 60.8 cm³/mol. The lowest BCUT2D eigenvalue weighted by atomic mass is 10.1. The number of thiophene rings is 1. The van der Waals surface area contributed by atoms with Crippen LogP contribution >= 0.6 is 24.0 Å². The summed E-state index contributed by atoms with van der Waals surface area (Å²) in [6.07, 6.45) is 0. The average Bonchev–Trinajstić information content (AvgIpc) is 2.57. The lowest BCUT2D eigenvalue weighted by Crippen LogP contribution is -1.89. The van der Waals surface area contributed by atoms with Crippen molar-refractivity contribution >= 4 is 40.0 Å². The van der Waals surface area contributed by atoms with Gasteiger partial charge in [0.15, 0.2) is 0 Å². The van der Waals surface area contributed by atoms with E-state index in [1.54, 1.807) is 6.07 Å². The van der Waals surface area contributed by atoms with Crippen molar-refractivity contribution in [3.05, 3.63) is 28.6 Å². The molecule has 1 heterocycles. The number of aryl methyl sites for hydroxylation is 1. The van der Waals surface area contributed by atoms with Crippen LogP contribution in [0.3, 0.4) is 0 Å². The molecule has 0 radical (unpaired) electrons. The molecular weight excluding hydrogens is 216 g/mol.